The molecule has 2 aromatic rings. The fraction of sp³-hybridized carbons (Fsp3) is 0.125. The smallest absolute Gasteiger partial charge is 0.481 e. The number of carboxylic acid groups (broad SMARTS) is 1. The maximum Gasteiger partial charge on any atom is 1.00 e. The number of fused-ring (bicyclic) bond motifs is 1. The van der Waals surface area contributed by atoms with E-state index >= 15 is 0 Å². The third-order valence-corrected chi connectivity index (χ3v) is 2.06. The number of aromatic nitrogens is 3. The maximum atomic E-state index is 10.7. The number of hydrogen-bond donors (Lipinski definition) is 2. The number of aliphatic carboxylic acids is 1. The molecule has 0 saturated heterocycles. The van der Waals surface area contributed by atoms with E-state index in [1.807, 2.05) is 0 Å². The minimum atomic E-state index is -1.13. The minimum absolute atomic E-state index is 0. The average molecular weight is 330 g/mol. The Labute approximate surface area is 110 Å². The van der Waals surface area contributed by atoms with Gasteiger partial charge in [0.15, 0.2) is 0 Å². The largest absolute Gasteiger partial charge is 1.00 e. The van der Waals surface area contributed by atoms with Crippen molar-refractivity contribution in [2.75, 3.05) is 0 Å². The van der Waals surface area contributed by atoms with E-state index in [4.69, 9.17) is 5.11 Å². The number of nitro groups is 1. The summed E-state index contributed by atoms with van der Waals surface area (Å²) in [7, 11) is 0. The monoisotopic (exact) mass is 329 g/mol. The van der Waals surface area contributed by atoms with Gasteiger partial charge in [-0.05, 0) is 6.07 Å². The van der Waals surface area contributed by atoms with Crippen molar-refractivity contribution >= 4 is 22.7 Å². The van der Waals surface area contributed by atoms with Crippen LogP contribution >= 0.6 is 0 Å². The molecule has 0 amide bonds. The SMILES string of the molecule is O=C(O)Cc1cc2nn[nH]c2cc1[N+](=O)[O-].[Ag+]. The molecule has 1 aromatic heterocycles. The van der Waals surface area contributed by atoms with E-state index in [0.29, 0.717) is 11.0 Å². The van der Waals surface area contributed by atoms with Gasteiger partial charge in [0.2, 0.25) is 0 Å². The fourth-order valence-corrected chi connectivity index (χ4v) is 1.40. The second-order valence-electron chi connectivity index (χ2n) is 3.14. The first-order valence-electron chi connectivity index (χ1n) is 4.28. The van der Waals surface area contributed by atoms with Crippen LogP contribution in [0.4, 0.5) is 5.69 Å². The van der Waals surface area contributed by atoms with E-state index in [0.717, 1.165) is 0 Å². The Balaban J connectivity index is 0.00000144. The first kappa shape index (κ1) is 13.3. The van der Waals surface area contributed by atoms with Gasteiger partial charge in [-0.1, -0.05) is 5.21 Å². The molecule has 0 aliphatic carbocycles. The molecule has 0 radical (unpaired) electrons. The van der Waals surface area contributed by atoms with Crippen LogP contribution in [0.3, 0.4) is 0 Å². The van der Waals surface area contributed by atoms with Crippen LogP contribution in [0.5, 0.6) is 0 Å². The Kier molecular flexibility index (Phi) is 3.94. The molecular formula is C8H6AgN4O4+. The first-order valence-corrected chi connectivity index (χ1v) is 4.28. The molecule has 17 heavy (non-hydrogen) atoms. The second kappa shape index (κ2) is 5.04. The summed E-state index contributed by atoms with van der Waals surface area (Å²) in [5, 5.41) is 29.0. The molecule has 1 heterocycles. The molecule has 9 heteroatoms. The normalized spacial score (nSPS) is 9.88. The van der Waals surface area contributed by atoms with E-state index in [1.165, 1.54) is 12.1 Å². The third kappa shape index (κ3) is 2.67. The van der Waals surface area contributed by atoms with Crippen molar-refractivity contribution in [2.24, 2.45) is 0 Å². The number of aromatic amines is 1. The molecule has 8 nitrogen and oxygen atoms in total. The van der Waals surface area contributed by atoms with Crippen LogP contribution in [-0.4, -0.2) is 31.4 Å². The predicted molar refractivity (Wildman–Crippen MR) is 51.9 cm³/mol. The molecule has 0 aliphatic heterocycles. The minimum Gasteiger partial charge on any atom is -0.481 e. The number of carboxylic acids is 1. The van der Waals surface area contributed by atoms with E-state index in [2.05, 4.69) is 15.4 Å². The molecule has 0 spiro atoms. The van der Waals surface area contributed by atoms with Crippen LogP contribution in [0, 0.1) is 10.1 Å². The van der Waals surface area contributed by atoms with Gasteiger partial charge in [0.25, 0.3) is 5.69 Å². The topological polar surface area (TPSA) is 122 Å². The van der Waals surface area contributed by atoms with Crippen LogP contribution in [0.2, 0.25) is 0 Å². The molecule has 0 saturated carbocycles. The predicted octanol–water partition coefficient (Wildman–Crippen LogP) is 0.491. The van der Waals surface area contributed by atoms with E-state index in [-0.39, 0.29) is 33.6 Å². The Bertz CT molecular complexity index is 582. The van der Waals surface area contributed by atoms with Crippen molar-refractivity contribution in [1.82, 2.24) is 15.4 Å². The van der Waals surface area contributed by atoms with Crippen LogP contribution in [0.25, 0.3) is 11.0 Å². The van der Waals surface area contributed by atoms with Crippen molar-refractivity contribution < 1.29 is 37.2 Å². The summed E-state index contributed by atoms with van der Waals surface area (Å²) in [4.78, 5) is 20.7. The number of H-pyrrole nitrogens is 1. The summed E-state index contributed by atoms with van der Waals surface area (Å²) >= 11 is 0. The molecule has 0 unspecified atom stereocenters. The van der Waals surface area contributed by atoms with Crippen LogP contribution in [0.15, 0.2) is 12.1 Å². The standard InChI is InChI=1S/C8H6N4O4.Ag/c13-8(14)2-4-1-5-6(10-11-9-5)3-7(4)12(15)16;/h1,3H,2H2,(H,13,14)(H,9,10,11);/q;+1. The summed E-state index contributed by atoms with van der Waals surface area (Å²) < 4.78 is 0. The van der Waals surface area contributed by atoms with Gasteiger partial charge < -0.3 is 5.11 Å². The van der Waals surface area contributed by atoms with Gasteiger partial charge in [-0.15, -0.1) is 5.10 Å². The fourth-order valence-electron chi connectivity index (χ4n) is 1.40. The quantitative estimate of drug-likeness (QED) is 0.480. The van der Waals surface area contributed by atoms with Gasteiger partial charge in [0, 0.05) is 11.6 Å². The number of carbonyl (C=O) groups is 1. The number of rotatable bonds is 3. The van der Waals surface area contributed by atoms with Gasteiger partial charge in [0.1, 0.15) is 5.52 Å². The number of nitro benzene ring substituents is 1. The van der Waals surface area contributed by atoms with Crippen molar-refractivity contribution in [1.29, 1.82) is 0 Å². The van der Waals surface area contributed by atoms with Crippen LogP contribution in [-0.2, 0) is 33.6 Å². The third-order valence-electron chi connectivity index (χ3n) is 2.06. The zero-order chi connectivity index (χ0) is 11.7. The molecule has 0 aliphatic rings. The number of hydrogen-bond acceptors (Lipinski definition) is 5. The average Bonchev–Trinajstić information content (AvgIpc) is 2.62. The Morgan fingerprint density at radius 1 is 1.53 bits per heavy atom. The molecule has 0 fully saturated rings. The second-order valence-corrected chi connectivity index (χ2v) is 3.14. The van der Waals surface area contributed by atoms with Gasteiger partial charge in [-0.2, -0.15) is 0 Å². The van der Waals surface area contributed by atoms with Crippen molar-refractivity contribution in [3.8, 4) is 0 Å². The van der Waals surface area contributed by atoms with Crippen LogP contribution in [0.1, 0.15) is 5.56 Å². The molecule has 1 aromatic carbocycles. The Hall–Kier alpha value is -1.77. The zero-order valence-corrected chi connectivity index (χ0v) is 9.66. The number of benzene rings is 1. The van der Waals surface area contributed by atoms with Crippen LogP contribution < -0.4 is 0 Å². The van der Waals surface area contributed by atoms with Crippen molar-refractivity contribution in [3.05, 3.63) is 27.8 Å². The Morgan fingerprint density at radius 2 is 2.24 bits per heavy atom. The van der Waals surface area contributed by atoms with Gasteiger partial charge in [-0.3, -0.25) is 20.0 Å². The molecule has 0 bridgehead atoms. The molecular weight excluding hydrogens is 324 g/mol. The van der Waals surface area contributed by atoms with Gasteiger partial charge in [-0.25, -0.2) is 0 Å². The Morgan fingerprint density at radius 3 is 2.82 bits per heavy atom. The summed E-state index contributed by atoms with van der Waals surface area (Å²) in [6.07, 6.45) is -0.418. The van der Waals surface area contributed by atoms with Gasteiger partial charge >= 0.3 is 28.3 Å². The number of nitrogens with zero attached hydrogens (tertiary/aromatic N) is 3. The molecule has 0 atom stereocenters. The summed E-state index contributed by atoms with van der Waals surface area (Å²) in [5.74, 6) is -1.13. The molecule has 2 N–H and O–H groups in total. The summed E-state index contributed by atoms with van der Waals surface area (Å²) in [6, 6.07) is 2.58. The summed E-state index contributed by atoms with van der Waals surface area (Å²) in [5.41, 5.74) is 0.669. The molecule has 2 rings (SSSR count). The summed E-state index contributed by atoms with van der Waals surface area (Å²) in [6.45, 7) is 0. The van der Waals surface area contributed by atoms with Crippen molar-refractivity contribution in [3.63, 3.8) is 0 Å². The molecule has 92 valence electrons. The number of nitrogens with one attached hydrogen (secondary N) is 1. The van der Waals surface area contributed by atoms with E-state index in [1.54, 1.807) is 0 Å². The van der Waals surface area contributed by atoms with E-state index in [9.17, 15) is 14.9 Å². The zero-order valence-electron chi connectivity index (χ0n) is 8.18. The van der Waals surface area contributed by atoms with E-state index < -0.39 is 17.3 Å². The first-order chi connectivity index (χ1) is 7.58. The maximum absolute atomic E-state index is 10.7. The van der Waals surface area contributed by atoms with Gasteiger partial charge in [0.05, 0.1) is 16.9 Å². The van der Waals surface area contributed by atoms with Crippen molar-refractivity contribution in [2.45, 2.75) is 6.42 Å².